The fourth-order valence-corrected chi connectivity index (χ4v) is 0.821. The van der Waals surface area contributed by atoms with Crippen molar-refractivity contribution in [1.82, 2.24) is 0 Å². The molecule has 0 saturated carbocycles. The van der Waals surface area contributed by atoms with E-state index in [-0.39, 0.29) is 131 Å². The molecule has 0 radical (unpaired) electrons. The van der Waals surface area contributed by atoms with Crippen molar-refractivity contribution in [1.29, 1.82) is 0 Å². The number of carboxylic acid groups (broad SMARTS) is 3. The first-order valence-corrected chi connectivity index (χ1v) is 3.60. The molecule has 0 aromatic carbocycles. The van der Waals surface area contributed by atoms with Crippen molar-refractivity contribution in [2.24, 2.45) is 5.92 Å². The molecule has 6 nitrogen and oxygen atoms in total. The van der Waals surface area contributed by atoms with Crippen molar-refractivity contribution in [3.05, 3.63) is 0 Å². The van der Waals surface area contributed by atoms with Crippen molar-refractivity contribution in [3.8, 4) is 0 Å². The molecule has 0 aromatic rings. The molecule has 0 spiro atoms. The minimum Gasteiger partial charge on any atom is -0.481 e. The van der Waals surface area contributed by atoms with Crippen LogP contribution in [-0.4, -0.2) is 33.2 Å². The van der Waals surface area contributed by atoms with E-state index in [0.717, 1.165) is 0 Å². The molecule has 0 heterocycles. The maximum absolute atomic E-state index is 10.4. The third-order valence-corrected chi connectivity index (χ3v) is 1.48. The van der Waals surface area contributed by atoms with Crippen LogP contribution in [0.25, 0.3) is 0 Å². The van der Waals surface area contributed by atoms with Gasteiger partial charge in [-0.3, -0.25) is 14.4 Å². The summed E-state index contributed by atoms with van der Waals surface area (Å²) in [7, 11) is 0. The Hall–Kier alpha value is 2.41. The third-order valence-electron chi connectivity index (χ3n) is 1.48. The van der Waals surface area contributed by atoms with Gasteiger partial charge in [0.25, 0.3) is 0 Å². The monoisotopic (exact) mass is 282 g/mol. The fraction of sp³-hybridized carbons (Fsp3) is 0.571. The minimum atomic E-state index is -1.27. The summed E-state index contributed by atoms with van der Waals surface area (Å²) < 4.78 is 0. The molecule has 0 bridgehead atoms. The van der Waals surface area contributed by atoms with Crippen molar-refractivity contribution in [2.45, 2.75) is 19.3 Å². The Morgan fingerprint density at radius 1 is 0.824 bits per heavy atom. The van der Waals surface area contributed by atoms with Gasteiger partial charge in [0.2, 0.25) is 0 Å². The predicted octanol–water partition coefficient (Wildman–Crippen LogP) is -12.0. The predicted molar refractivity (Wildman–Crippen MR) is 40.2 cm³/mol. The molecule has 0 saturated heterocycles. The summed E-state index contributed by atoms with van der Waals surface area (Å²) in [5.41, 5.74) is 0. The fourth-order valence-electron chi connectivity index (χ4n) is 0.821. The molecule has 1 unspecified atom stereocenters. The Morgan fingerprint density at radius 3 is 1.47 bits per heavy atom. The molecule has 17 heavy (non-hydrogen) atoms. The summed E-state index contributed by atoms with van der Waals surface area (Å²) in [4.78, 5) is 30.6. The van der Waals surface area contributed by atoms with Crippen molar-refractivity contribution in [2.75, 3.05) is 0 Å². The Labute approximate surface area is 187 Å². The van der Waals surface area contributed by atoms with Crippen LogP contribution in [0.3, 0.4) is 0 Å². The molecule has 0 aliphatic carbocycles. The van der Waals surface area contributed by atoms with Gasteiger partial charge in [-0.15, -0.1) is 0 Å². The second kappa shape index (κ2) is 18.4. The number of rotatable bonds is 6. The first-order chi connectivity index (χ1) is 5.93. The normalized spacial score (nSPS) is 9.18. The van der Waals surface area contributed by atoms with Gasteiger partial charge in [0.1, 0.15) is 0 Å². The summed E-state index contributed by atoms with van der Waals surface area (Å²) >= 11 is 0. The number of carboxylic acids is 3. The Balaban J connectivity index is -0.000000120. The van der Waals surface area contributed by atoms with Crippen LogP contribution in [0.5, 0.6) is 0 Å². The number of hydrogen-bond donors (Lipinski definition) is 3. The maximum atomic E-state index is 10.4. The summed E-state index contributed by atoms with van der Waals surface area (Å²) in [5.74, 6) is -4.76. The van der Waals surface area contributed by atoms with Crippen molar-refractivity contribution >= 4 is 17.9 Å². The van der Waals surface area contributed by atoms with Gasteiger partial charge in [-0.25, -0.2) is 0 Å². The van der Waals surface area contributed by atoms with Gasteiger partial charge in [-0.2, -0.15) is 0 Å². The van der Waals surface area contributed by atoms with Crippen LogP contribution < -0.4 is 118 Å². The van der Waals surface area contributed by atoms with Crippen LogP contribution in [0.4, 0.5) is 0 Å². The summed E-state index contributed by atoms with van der Waals surface area (Å²) in [6, 6.07) is 0. The molecular formula is C7H10Na4O6+4. The quantitative estimate of drug-likeness (QED) is 0.417. The summed E-state index contributed by atoms with van der Waals surface area (Å²) in [6.07, 6.45) is -1.02. The topological polar surface area (TPSA) is 112 Å². The van der Waals surface area contributed by atoms with E-state index in [2.05, 4.69) is 0 Å². The molecule has 3 N–H and O–H groups in total. The van der Waals surface area contributed by atoms with Crippen LogP contribution >= 0.6 is 0 Å². The van der Waals surface area contributed by atoms with Crippen LogP contribution in [0.2, 0.25) is 0 Å². The molecule has 1 atom stereocenters. The van der Waals surface area contributed by atoms with E-state index in [1.54, 1.807) is 0 Å². The SMILES string of the molecule is O=C(O)CCC(CC(=O)O)C(=O)O.[Na+].[Na+].[Na+].[Na+]. The van der Waals surface area contributed by atoms with E-state index in [1.165, 1.54) is 0 Å². The van der Waals surface area contributed by atoms with E-state index in [4.69, 9.17) is 15.3 Å². The first kappa shape index (κ1) is 31.7. The second-order valence-electron chi connectivity index (χ2n) is 2.57. The Bertz CT molecular complexity index is 234. The molecule has 0 fully saturated rings. The zero-order valence-electron chi connectivity index (χ0n) is 10.8. The zero-order valence-corrected chi connectivity index (χ0v) is 18.8. The molecule has 0 rings (SSSR count). The Kier molecular flexibility index (Phi) is 34.3. The van der Waals surface area contributed by atoms with E-state index in [9.17, 15) is 14.4 Å². The van der Waals surface area contributed by atoms with E-state index >= 15 is 0 Å². The van der Waals surface area contributed by atoms with Gasteiger partial charge in [0.15, 0.2) is 0 Å². The van der Waals surface area contributed by atoms with Gasteiger partial charge in [0, 0.05) is 6.42 Å². The van der Waals surface area contributed by atoms with Crippen LogP contribution in [0, 0.1) is 5.92 Å². The van der Waals surface area contributed by atoms with Crippen molar-refractivity contribution in [3.63, 3.8) is 0 Å². The number of carbonyl (C=O) groups is 3. The van der Waals surface area contributed by atoms with Crippen LogP contribution in [-0.2, 0) is 14.4 Å². The molecular weight excluding hydrogens is 272 g/mol. The summed E-state index contributed by atoms with van der Waals surface area (Å²) in [6.45, 7) is 0. The third kappa shape index (κ3) is 20.9. The summed E-state index contributed by atoms with van der Waals surface area (Å²) in [5, 5.41) is 25.0. The molecule has 10 heteroatoms. The second-order valence-corrected chi connectivity index (χ2v) is 2.57. The minimum absolute atomic E-state index is 0. The Morgan fingerprint density at radius 2 is 1.24 bits per heavy atom. The van der Waals surface area contributed by atoms with Gasteiger partial charge < -0.3 is 15.3 Å². The first-order valence-electron chi connectivity index (χ1n) is 3.60. The molecule has 0 aromatic heterocycles. The van der Waals surface area contributed by atoms with Crippen LogP contribution in [0.1, 0.15) is 19.3 Å². The van der Waals surface area contributed by atoms with Gasteiger partial charge in [0.05, 0.1) is 12.3 Å². The smallest absolute Gasteiger partial charge is 0.481 e. The average molecular weight is 282 g/mol. The van der Waals surface area contributed by atoms with E-state index in [1.807, 2.05) is 0 Å². The van der Waals surface area contributed by atoms with Crippen LogP contribution in [0.15, 0.2) is 0 Å². The zero-order chi connectivity index (χ0) is 10.4. The maximum Gasteiger partial charge on any atom is 1.00 e. The standard InChI is InChI=1S/C7H10O6.4Na/c8-5(9)2-1-4(7(12)13)3-6(10)11;;;;/h4H,1-3H2,(H,8,9)(H,10,11)(H,12,13);;;;/q;4*+1. The molecule has 0 aliphatic heterocycles. The molecule has 0 amide bonds. The van der Waals surface area contributed by atoms with Crippen molar-refractivity contribution < 1.29 is 148 Å². The van der Waals surface area contributed by atoms with Gasteiger partial charge in [-0.1, -0.05) is 0 Å². The molecule has 0 aliphatic rings. The molecule has 74 valence electrons. The van der Waals surface area contributed by atoms with E-state index < -0.39 is 30.2 Å². The average Bonchev–Trinajstić information content (AvgIpc) is 1.96. The number of aliphatic carboxylic acids is 3. The largest absolute Gasteiger partial charge is 1.00 e. The van der Waals surface area contributed by atoms with Gasteiger partial charge >= 0.3 is 136 Å². The van der Waals surface area contributed by atoms with E-state index in [0.29, 0.717) is 0 Å². The number of hydrogen-bond acceptors (Lipinski definition) is 3. The van der Waals surface area contributed by atoms with Gasteiger partial charge in [-0.05, 0) is 6.42 Å².